The lowest BCUT2D eigenvalue weighted by atomic mass is 9.95. The van der Waals surface area contributed by atoms with Crippen LogP contribution in [0.15, 0.2) is 84.9 Å². The third-order valence-corrected chi connectivity index (χ3v) is 5.47. The van der Waals surface area contributed by atoms with Crippen molar-refractivity contribution in [3.05, 3.63) is 90.5 Å². The van der Waals surface area contributed by atoms with Crippen LogP contribution in [0.4, 0.5) is 17.1 Å². The smallest absolute Gasteiger partial charge is 0.244 e. The van der Waals surface area contributed by atoms with Crippen molar-refractivity contribution in [2.24, 2.45) is 5.73 Å². The Hall–Kier alpha value is -3.68. The summed E-state index contributed by atoms with van der Waals surface area (Å²) in [6.07, 6.45) is -0.706. The molecule has 0 aliphatic carbocycles. The molecule has 1 saturated heterocycles. The number of para-hydroxylation sites is 1. The maximum Gasteiger partial charge on any atom is 0.244 e. The first kappa shape index (κ1) is 21.5. The number of nitrogens with one attached hydrogen (secondary N) is 1. The molecule has 1 heterocycles. The van der Waals surface area contributed by atoms with Crippen LogP contribution in [0.5, 0.6) is 0 Å². The Morgan fingerprint density at radius 1 is 0.938 bits per heavy atom. The van der Waals surface area contributed by atoms with Crippen molar-refractivity contribution in [2.45, 2.75) is 24.7 Å². The number of primary amides is 1. The number of hydrogen-bond donors (Lipinski definition) is 3. The first-order valence-electron chi connectivity index (χ1n) is 10.4. The number of hydrogen-bond acceptors (Lipinski definition) is 5. The molecule has 2 amide bonds. The number of anilines is 3. The summed E-state index contributed by atoms with van der Waals surface area (Å²) in [4.78, 5) is 27.4. The molecule has 3 atom stereocenters. The Morgan fingerprint density at radius 2 is 1.53 bits per heavy atom. The zero-order valence-electron chi connectivity index (χ0n) is 17.4. The summed E-state index contributed by atoms with van der Waals surface area (Å²) in [5.41, 5.74) is 8.46. The van der Waals surface area contributed by atoms with Gasteiger partial charge in [-0.3, -0.25) is 9.59 Å². The lowest BCUT2D eigenvalue weighted by molar-refractivity contribution is -0.130. The number of carbonyl (C=O) groups is 2. The van der Waals surface area contributed by atoms with Crippen LogP contribution in [0.3, 0.4) is 0 Å². The minimum absolute atomic E-state index is 0.315. The summed E-state index contributed by atoms with van der Waals surface area (Å²) in [5.74, 6) is -2.42. The largest absolute Gasteiger partial charge is 0.369 e. The molecule has 2 unspecified atom stereocenters. The van der Waals surface area contributed by atoms with E-state index in [0.717, 1.165) is 11.4 Å². The molecule has 0 radical (unpaired) electrons. The van der Waals surface area contributed by atoms with Crippen molar-refractivity contribution in [1.29, 1.82) is 0 Å². The number of ether oxygens (including phenoxy) is 1. The van der Waals surface area contributed by atoms with E-state index in [2.05, 4.69) is 5.32 Å². The highest BCUT2D eigenvalue weighted by Gasteiger charge is 2.40. The van der Waals surface area contributed by atoms with Gasteiger partial charge in [-0.1, -0.05) is 48.5 Å². The van der Waals surface area contributed by atoms with Gasteiger partial charge in [0.05, 0.1) is 12.6 Å². The van der Waals surface area contributed by atoms with Crippen LogP contribution in [0, 0.1) is 0 Å². The molecule has 3 aromatic rings. The summed E-state index contributed by atoms with van der Waals surface area (Å²) in [7, 11) is 0. The van der Waals surface area contributed by atoms with E-state index >= 15 is 0 Å². The first-order valence-corrected chi connectivity index (χ1v) is 10.4. The van der Waals surface area contributed by atoms with Gasteiger partial charge in [-0.25, -0.2) is 0 Å². The topological polar surface area (TPSA) is 105 Å². The van der Waals surface area contributed by atoms with Gasteiger partial charge in [0.15, 0.2) is 6.29 Å². The molecule has 164 valence electrons. The van der Waals surface area contributed by atoms with Crippen LogP contribution in [-0.4, -0.2) is 35.9 Å². The highest BCUT2D eigenvalue weighted by molar-refractivity contribution is 6.12. The Bertz CT molecular complexity index is 1060. The summed E-state index contributed by atoms with van der Waals surface area (Å²) in [6.45, 7) is 0.315. The van der Waals surface area contributed by atoms with Gasteiger partial charge in [-0.2, -0.15) is 0 Å². The Kier molecular flexibility index (Phi) is 6.49. The quantitative estimate of drug-likeness (QED) is 0.499. The average Bonchev–Trinajstić information content (AvgIpc) is 3.22. The van der Waals surface area contributed by atoms with Gasteiger partial charge in [0.2, 0.25) is 11.8 Å². The van der Waals surface area contributed by atoms with Gasteiger partial charge in [-0.15, -0.1) is 0 Å². The molecule has 7 heteroatoms. The number of aliphatic hydroxyl groups excluding tert-OH is 1. The average molecular weight is 431 g/mol. The molecule has 7 nitrogen and oxygen atoms in total. The molecule has 0 aromatic heterocycles. The Labute approximate surface area is 186 Å². The molecule has 1 aliphatic rings. The fourth-order valence-corrected chi connectivity index (χ4v) is 3.91. The van der Waals surface area contributed by atoms with Crippen molar-refractivity contribution in [1.82, 2.24) is 0 Å². The molecule has 3 aromatic carbocycles. The van der Waals surface area contributed by atoms with Gasteiger partial charge in [-0.05, 0) is 48.4 Å². The number of nitrogens with two attached hydrogens (primary N) is 1. The summed E-state index contributed by atoms with van der Waals surface area (Å²) in [6, 6.07) is 25.0. The first-order chi connectivity index (χ1) is 15.5. The van der Waals surface area contributed by atoms with Crippen molar-refractivity contribution < 1.29 is 19.4 Å². The summed E-state index contributed by atoms with van der Waals surface area (Å²) >= 11 is 0. The van der Waals surface area contributed by atoms with Gasteiger partial charge >= 0.3 is 0 Å². The minimum atomic E-state index is -1.17. The molecular weight excluding hydrogens is 406 g/mol. The number of benzene rings is 3. The van der Waals surface area contributed by atoms with E-state index in [4.69, 9.17) is 10.5 Å². The maximum atomic E-state index is 13.6. The van der Waals surface area contributed by atoms with E-state index in [9.17, 15) is 14.7 Å². The third-order valence-electron chi connectivity index (χ3n) is 5.47. The van der Waals surface area contributed by atoms with Crippen molar-refractivity contribution >= 4 is 28.9 Å². The van der Waals surface area contributed by atoms with E-state index in [1.54, 1.807) is 42.5 Å². The van der Waals surface area contributed by atoms with Crippen LogP contribution >= 0.6 is 0 Å². The highest BCUT2D eigenvalue weighted by Crippen LogP contribution is 2.31. The molecule has 4 rings (SSSR count). The molecule has 1 aliphatic heterocycles. The summed E-state index contributed by atoms with van der Waals surface area (Å²) in [5, 5.41) is 13.7. The monoisotopic (exact) mass is 431 g/mol. The van der Waals surface area contributed by atoms with Crippen LogP contribution < -0.4 is 16.0 Å². The standard InChI is InChI=1S/C25H25N3O4/c26-23(29)22(17-7-3-1-4-8-17)24(30)28(21-15-16-32-25(21)31)20-13-11-19(12-14-20)27-18-9-5-2-6-10-18/h1-14,21-22,25,27,31H,15-16H2,(H2,26,29)/t21-,22?,25?/m0/s1. The van der Waals surface area contributed by atoms with Crippen LogP contribution in [0.1, 0.15) is 17.9 Å². The van der Waals surface area contributed by atoms with E-state index in [1.165, 1.54) is 4.90 Å². The van der Waals surface area contributed by atoms with Crippen LogP contribution in [0.25, 0.3) is 0 Å². The lowest BCUT2D eigenvalue weighted by Gasteiger charge is -2.32. The normalized spacial score (nSPS) is 18.7. The van der Waals surface area contributed by atoms with E-state index in [-0.39, 0.29) is 0 Å². The van der Waals surface area contributed by atoms with Gasteiger partial charge in [0.25, 0.3) is 0 Å². The number of amides is 2. The lowest BCUT2D eigenvalue weighted by Crippen LogP contribution is -2.49. The third kappa shape index (κ3) is 4.64. The molecule has 0 bridgehead atoms. The minimum Gasteiger partial charge on any atom is -0.369 e. The molecule has 1 fully saturated rings. The predicted molar refractivity (Wildman–Crippen MR) is 122 cm³/mol. The zero-order chi connectivity index (χ0) is 22.5. The van der Waals surface area contributed by atoms with E-state index in [1.807, 2.05) is 42.5 Å². The highest BCUT2D eigenvalue weighted by atomic mass is 16.6. The van der Waals surface area contributed by atoms with Crippen LogP contribution in [-0.2, 0) is 14.3 Å². The predicted octanol–water partition coefficient (Wildman–Crippen LogP) is 3.14. The molecule has 4 N–H and O–H groups in total. The number of nitrogens with zero attached hydrogens (tertiary/aromatic N) is 1. The van der Waals surface area contributed by atoms with Crippen molar-refractivity contribution in [2.75, 3.05) is 16.8 Å². The fraction of sp³-hybridized carbons (Fsp3) is 0.200. The van der Waals surface area contributed by atoms with Gasteiger partial charge in [0.1, 0.15) is 5.92 Å². The fourth-order valence-electron chi connectivity index (χ4n) is 3.91. The molecule has 0 saturated carbocycles. The van der Waals surface area contributed by atoms with Gasteiger partial charge in [0, 0.05) is 17.1 Å². The molecular formula is C25H25N3O4. The SMILES string of the molecule is NC(=O)C(C(=O)N(c1ccc(Nc2ccccc2)cc1)[C@H]1CCOC1O)c1ccccc1. The molecule has 32 heavy (non-hydrogen) atoms. The van der Waals surface area contributed by atoms with E-state index < -0.39 is 30.1 Å². The number of carbonyl (C=O) groups excluding carboxylic acids is 2. The Morgan fingerprint density at radius 3 is 2.09 bits per heavy atom. The second kappa shape index (κ2) is 9.64. The molecule has 0 spiro atoms. The number of aliphatic hydroxyl groups is 1. The maximum absolute atomic E-state index is 13.6. The second-order valence-electron chi connectivity index (χ2n) is 7.61. The summed E-state index contributed by atoms with van der Waals surface area (Å²) < 4.78 is 5.30. The number of rotatable bonds is 7. The zero-order valence-corrected chi connectivity index (χ0v) is 17.4. The van der Waals surface area contributed by atoms with Crippen LogP contribution in [0.2, 0.25) is 0 Å². The van der Waals surface area contributed by atoms with Gasteiger partial charge < -0.3 is 25.8 Å². The van der Waals surface area contributed by atoms with E-state index in [0.29, 0.717) is 24.3 Å². The van der Waals surface area contributed by atoms with Crippen molar-refractivity contribution in [3.8, 4) is 0 Å². The second-order valence-corrected chi connectivity index (χ2v) is 7.61. The van der Waals surface area contributed by atoms with Crippen molar-refractivity contribution in [3.63, 3.8) is 0 Å². The Balaban J connectivity index is 1.66.